The lowest BCUT2D eigenvalue weighted by atomic mass is 10.1. The van der Waals surface area contributed by atoms with Crippen molar-refractivity contribution in [2.24, 2.45) is 7.05 Å². The summed E-state index contributed by atoms with van der Waals surface area (Å²) >= 11 is 6.44. The molecule has 5 nitrogen and oxygen atoms in total. The molecule has 2 aromatic rings. The molecular weight excluding hydrogens is 356 g/mol. The first-order chi connectivity index (χ1) is 11.9. The van der Waals surface area contributed by atoms with Crippen molar-refractivity contribution in [2.75, 3.05) is 0 Å². The zero-order valence-electron chi connectivity index (χ0n) is 13.9. The fourth-order valence-electron chi connectivity index (χ4n) is 3.01. The van der Waals surface area contributed by atoms with Gasteiger partial charge in [0.2, 0.25) is 0 Å². The highest BCUT2D eigenvalue weighted by Gasteiger charge is 2.40. The maximum atomic E-state index is 12.8. The van der Waals surface area contributed by atoms with Crippen molar-refractivity contribution in [3.05, 3.63) is 40.9 Å². The Balaban J connectivity index is 1.98. The van der Waals surface area contributed by atoms with E-state index in [2.05, 4.69) is 0 Å². The summed E-state index contributed by atoms with van der Waals surface area (Å²) in [5, 5.41) is 10.5. The second-order valence-electron chi connectivity index (χ2n) is 5.91. The van der Waals surface area contributed by atoms with Gasteiger partial charge in [0.25, 0.3) is 5.91 Å². The summed E-state index contributed by atoms with van der Waals surface area (Å²) in [4.78, 5) is 26.0. The van der Waals surface area contributed by atoms with Gasteiger partial charge in [-0.15, -0.1) is 0 Å². The number of aliphatic carboxylic acids is 1. The van der Waals surface area contributed by atoms with Gasteiger partial charge < -0.3 is 9.67 Å². The molecule has 0 unspecified atom stereocenters. The predicted molar refractivity (Wildman–Crippen MR) is 104 cm³/mol. The monoisotopic (exact) mass is 374 g/mol. The Kier molecular flexibility index (Phi) is 4.96. The number of thioether (sulfide) groups is 1. The fourth-order valence-corrected chi connectivity index (χ4v) is 4.36. The normalized spacial score (nSPS) is 17.7. The van der Waals surface area contributed by atoms with E-state index in [1.807, 2.05) is 49.0 Å². The highest BCUT2D eigenvalue weighted by molar-refractivity contribution is 8.26. The first kappa shape index (κ1) is 17.7. The van der Waals surface area contributed by atoms with Gasteiger partial charge in [-0.05, 0) is 18.6 Å². The number of hydrogen-bond donors (Lipinski definition) is 1. The number of thiocarbonyl (C=S) groups is 1. The van der Waals surface area contributed by atoms with Crippen molar-refractivity contribution in [1.82, 2.24) is 9.47 Å². The number of aryl methyl sites for hydroxylation is 1. The number of carbonyl (C=O) groups excluding carboxylic acids is 1. The molecule has 130 valence electrons. The van der Waals surface area contributed by atoms with Crippen molar-refractivity contribution in [2.45, 2.75) is 25.8 Å². The maximum Gasteiger partial charge on any atom is 0.326 e. The van der Waals surface area contributed by atoms with Gasteiger partial charge in [-0.25, -0.2) is 4.79 Å². The summed E-state index contributed by atoms with van der Waals surface area (Å²) in [6.45, 7) is 1.89. The van der Waals surface area contributed by atoms with Gasteiger partial charge in [0.15, 0.2) is 0 Å². The number of carboxylic acids is 1. The molecule has 25 heavy (non-hydrogen) atoms. The molecule has 1 atom stereocenters. The topological polar surface area (TPSA) is 62.5 Å². The summed E-state index contributed by atoms with van der Waals surface area (Å²) in [7, 11) is 1.95. The molecule has 1 fully saturated rings. The van der Waals surface area contributed by atoms with Gasteiger partial charge in [-0.3, -0.25) is 9.69 Å². The zero-order valence-corrected chi connectivity index (χ0v) is 15.6. The summed E-state index contributed by atoms with van der Waals surface area (Å²) in [6, 6.07) is 7.02. The molecule has 1 amide bonds. The molecule has 3 rings (SSSR count). The number of rotatable bonds is 5. The number of fused-ring (bicyclic) bond motifs is 1. The number of aromatic nitrogens is 1. The van der Waals surface area contributed by atoms with Crippen molar-refractivity contribution >= 4 is 57.2 Å². The van der Waals surface area contributed by atoms with E-state index in [0.29, 0.717) is 22.1 Å². The van der Waals surface area contributed by atoms with Gasteiger partial charge in [-0.1, -0.05) is 55.5 Å². The van der Waals surface area contributed by atoms with Crippen molar-refractivity contribution < 1.29 is 14.7 Å². The fraction of sp³-hybridized carbons (Fsp3) is 0.278. The Morgan fingerprint density at radius 1 is 1.40 bits per heavy atom. The van der Waals surface area contributed by atoms with Crippen LogP contribution in [-0.4, -0.2) is 36.8 Å². The Bertz CT molecular complexity index is 901. The minimum atomic E-state index is -1.02. The van der Waals surface area contributed by atoms with Crippen LogP contribution in [0.5, 0.6) is 0 Å². The largest absolute Gasteiger partial charge is 0.480 e. The first-order valence-electron chi connectivity index (χ1n) is 7.98. The molecule has 0 saturated carbocycles. The number of nitrogens with zero attached hydrogens (tertiary/aromatic N) is 2. The van der Waals surface area contributed by atoms with Crippen LogP contribution < -0.4 is 0 Å². The summed E-state index contributed by atoms with van der Waals surface area (Å²) in [5.74, 6) is -1.35. The van der Waals surface area contributed by atoms with Crippen molar-refractivity contribution in [1.29, 1.82) is 0 Å². The summed E-state index contributed by atoms with van der Waals surface area (Å²) < 4.78 is 2.30. The molecule has 0 bridgehead atoms. The highest BCUT2D eigenvalue weighted by Crippen LogP contribution is 2.36. The molecule has 1 N–H and O–H groups in total. The van der Waals surface area contributed by atoms with Crippen LogP contribution in [0.3, 0.4) is 0 Å². The van der Waals surface area contributed by atoms with Crippen LogP contribution in [0.15, 0.2) is 35.4 Å². The molecule has 1 aliphatic rings. The first-order valence-corrected chi connectivity index (χ1v) is 9.20. The molecule has 1 aromatic carbocycles. The lowest BCUT2D eigenvalue weighted by Gasteiger charge is -2.22. The van der Waals surface area contributed by atoms with Gasteiger partial charge in [0.1, 0.15) is 10.4 Å². The van der Waals surface area contributed by atoms with Crippen LogP contribution in [0.1, 0.15) is 25.3 Å². The molecule has 1 aliphatic heterocycles. The third kappa shape index (κ3) is 3.21. The number of para-hydroxylation sites is 1. The van der Waals surface area contributed by atoms with Gasteiger partial charge in [-0.2, -0.15) is 0 Å². The van der Waals surface area contributed by atoms with Crippen LogP contribution in [0.25, 0.3) is 17.0 Å². The molecule has 7 heteroatoms. The van der Waals surface area contributed by atoms with Gasteiger partial charge in [0, 0.05) is 29.7 Å². The predicted octanol–water partition coefficient (Wildman–Crippen LogP) is 3.63. The third-order valence-corrected chi connectivity index (χ3v) is 5.53. The Labute approximate surface area is 155 Å². The van der Waals surface area contributed by atoms with Gasteiger partial charge in [0.05, 0.1) is 4.91 Å². The molecule has 1 saturated heterocycles. The van der Waals surface area contributed by atoms with Crippen molar-refractivity contribution in [3.63, 3.8) is 0 Å². The molecule has 1 aromatic heterocycles. The minimum absolute atomic E-state index is 0.303. The van der Waals surface area contributed by atoms with E-state index in [1.54, 1.807) is 6.08 Å². The lowest BCUT2D eigenvalue weighted by Crippen LogP contribution is -2.43. The van der Waals surface area contributed by atoms with Gasteiger partial charge >= 0.3 is 5.97 Å². The molecule has 0 aliphatic carbocycles. The Morgan fingerprint density at radius 2 is 2.12 bits per heavy atom. The molecule has 0 spiro atoms. The SMILES string of the molecule is CCC[C@@H](C(=O)O)N1C(=O)/C(=C\c2cn(C)c3ccccc23)SC1=S. The quantitative estimate of drug-likeness (QED) is 0.640. The number of amides is 1. The lowest BCUT2D eigenvalue weighted by molar-refractivity contribution is -0.145. The van der Waals surface area contributed by atoms with E-state index in [9.17, 15) is 14.7 Å². The zero-order chi connectivity index (χ0) is 18.1. The Morgan fingerprint density at radius 3 is 2.80 bits per heavy atom. The van der Waals surface area contributed by atoms with E-state index >= 15 is 0 Å². The van der Waals surface area contributed by atoms with E-state index in [-0.39, 0.29) is 5.91 Å². The number of benzene rings is 1. The average Bonchev–Trinajstić information content (AvgIpc) is 3.03. The van der Waals surface area contributed by atoms with Crippen LogP contribution in [0, 0.1) is 0 Å². The van der Waals surface area contributed by atoms with Crippen molar-refractivity contribution in [3.8, 4) is 0 Å². The minimum Gasteiger partial charge on any atom is -0.480 e. The average molecular weight is 374 g/mol. The van der Waals surface area contributed by atoms with E-state index in [4.69, 9.17) is 12.2 Å². The second kappa shape index (κ2) is 7.01. The standard InChI is InChI=1S/C18H18N2O3S2/c1-3-6-14(17(22)23)20-16(21)15(25-18(20)24)9-11-10-19(2)13-8-5-4-7-12(11)13/h4-5,7-10,14H,3,6H2,1-2H3,(H,22,23)/b15-9+/t14-/m0/s1. The highest BCUT2D eigenvalue weighted by atomic mass is 32.2. The Hall–Kier alpha value is -2.12. The second-order valence-corrected chi connectivity index (χ2v) is 7.58. The summed E-state index contributed by atoms with van der Waals surface area (Å²) in [5.41, 5.74) is 1.99. The van der Waals surface area contributed by atoms with E-state index < -0.39 is 12.0 Å². The number of carboxylic acid groups (broad SMARTS) is 1. The van der Waals surface area contributed by atoms with Crippen LogP contribution in [0.4, 0.5) is 0 Å². The smallest absolute Gasteiger partial charge is 0.326 e. The van der Waals surface area contributed by atoms with Crippen LogP contribution >= 0.6 is 24.0 Å². The molecule has 0 radical (unpaired) electrons. The third-order valence-electron chi connectivity index (χ3n) is 4.20. The van der Waals surface area contributed by atoms with E-state index in [0.717, 1.165) is 28.2 Å². The van der Waals surface area contributed by atoms with E-state index in [1.165, 1.54) is 4.90 Å². The summed E-state index contributed by atoms with van der Waals surface area (Å²) in [6.07, 6.45) is 4.80. The van der Waals surface area contributed by atoms with Crippen LogP contribution in [-0.2, 0) is 16.6 Å². The molecular formula is C18H18N2O3S2. The number of carbonyl (C=O) groups is 2. The van der Waals surface area contributed by atoms with Crippen LogP contribution in [0.2, 0.25) is 0 Å². The molecule has 2 heterocycles. The number of hydrogen-bond acceptors (Lipinski definition) is 4. The maximum absolute atomic E-state index is 12.8.